The van der Waals surface area contributed by atoms with Gasteiger partial charge in [-0.1, -0.05) is 20.8 Å². The highest BCUT2D eigenvalue weighted by Crippen LogP contribution is 2.26. The molecule has 1 fully saturated rings. The molecular formula is C9H18O2. The lowest BCUT2D eigenvalue weighted by Crippen LogP contribution is -2.43. The topological polar surface area (TPSA) is 18.5 Å². The Morgan fingerprint density at radius 1 is 1.45 bits per heavy atom. The second-order valence-corrected chi connectivity index (χ2v) is 4.21. The van der Waals surface area contributed by atoms with Gasteiger partial charge in [0.1, 0.15) is 0 Å². The molecule has 0 spiro atoms. The molecule has 2 nitrogen and oxygen atoms in total. The lowest BCUT2D eigenvalue weighted by Gasteiger charge is -2.37. The zero-order chi connectivity index (χ0) is 8.32. The Hall–Kier alpha value is -0.0800. The summed E-state index contributed by atoms with van der Waals surface area (Å²) in [6, 6.07) is 0. The van der Waals surface area contributed by atoms with Crippen molar-refractivity contribution in [3.63, 3.8) is 0 Å². The minimum absolute atomic E-state index is 0.314. The molecule has 0 bridgehead atoms. The van der Waals surface area contributed by atoms with E-state index in [2.05, 4.69) is 20.8 Å². The lowest BCUT2D eigenvalue weighted by atomic mass is 9.90. The van der Waals surface area contributed by atoms with E-state index in [0.717, 1.165) is 26.4 Å². The fraction of sp³-hybridized carbons (Fsp3) is 1.00. The first kappa shape index (κ1) is 9.01. The van der Waals surface area contributed by atoms with E-state index in [1.165, 1.54) is 0 Å². The molecule has 11 heavy (non-hydrogen) atoms. The van der Waals surface area contributed by atoms with E-state index in [0.29, 0.717) is 11.3 Å². The zero-order valence-electron chi connectivity index (χ0n) is 7.72. The fourth-order valence-electron chi connectivity index (χ4n) is 1.07. The van der Waals surface area contributed by atoms with Crippen molar-refractivity contribution in [2.24, 2.45) is 11.3 Å². The Kier molecular flexibility index (Phi) is 2.90. The van der Waals surface area contributed by atoms with Crippen molar-refractivity contribution in [1.29, 1.82) is 0 Å². The molecule has 0 aliphatic carbocycles. The summed E-state index contributed by atoms with van der Waals surface area (Å²) in [6.07, 6.45) is 0. The molecule has 1 aliphatic heterocycles. The molecule has 0 unspecified atom stereocenters. The molecule has 0 amide bonds. The second-order valence-electron chi connectivity index (χ2n) is 4.21. The fourth-order valence-corrected chi connectivity index (χ4v) is 1.07. The van der Waals surface area contributed by atoms with Crippen molar-refractivity contribution < 1.29 is 9.47 Å². The van der Waals surface area contributed by atoms with Crippen LogP contribution in [0, 0.1) is 11.3 Å². The summed E-state index contributed by atoms with van der Waals surface area (Å²) in [5.74, 6) is 0.639. The van der Waals surface area contributed by atoms with Crippen molar-refractivity contribution in [1.82, 2.24) is 0 Å². The van der Waals surface area contributed by atoms with Gasteiger partial charge >= 0.3 is 0 Å². The molecule has 1 rings (SSSR count). The first-order valence-corrected chi connectivity index (χ1v) is 4.28. The van der Waals surface area contributed by atoms with Gasteiger partial charge in [-0.2, -0.15) is 0 Å². The molecule has 0 aromatic rings. The van der Waals surface area contributed by atoms with E-state index < -0.39 is 0 Å². The van der Waals surface area contributed by atoms with Gasteiger partial charge in [0, 0.05) is 12.0 Å². The summed E-state index contributed by atoms with van der Waals surface area (Å²) in [5, 5.41) is 0. The molecule has 2 heteroatoms. The molecule has 0 saturated carbocycles. The average Bonchev–Trinajstić information content (AvgIpc) is 1.83. The maximum absolute atomic E-state index is 5.52. The van der Waals surface area contributed by atoms with Gasteiger partial charge in [-0.15, -0.1) is 0 Å². The van der Waals surface area contributed by atoms with Crippen LogP contribution < -0.4 is 0 Å². The van der Waals surface area contributed by atoms with Crippen LogP contribution in [-0.2, 0) is 9.47 Å². The largest absolute Gasteiger partial charge is 0.380 e. The lowest BCUT2D eigenvalue weighted by molar-refractivity contribution is -0.139. The van der Waals surface area contributed by atoms with Crippen molar-refractivity contribution in [2.45, 2.75) is 20.8 Å². The molecule has 0 aromatic heterocycles. The number of rotatable bonds is 4. The normalized spacial score (nSPS) is 21.8. The molecule has 1 aliphatic rings. The molecule has 0 atom stereocenters. The first-order chi connectivity index (χ1) is 5.12. The summed E-state index contributed by atoms with van der Waals surface area (Å²) in [4.78, 5) is 0. The van der Waals surface area contributed by atoms with Crippen molar-refractivity contribution >= 4 is 0 Å². The van der Waals surface area contributed by atoms with Crippen LogP contribution in [0.2, 0.25) is 0 Å². The number of hydrogen-bond acceptors (Lipinski definition) is 2. The van der Waals surface area contributed by atoms with Crippen LogP contribution >= 0.6 is 0 Å². The van der Waals surface area contributed by atoms with Crippen LogP contribution in [0.4, 0.5) is 0 Å². The van der Waals surface area contributed by atoms with Gasteiger partial charge in [-0.3, -0.25) is 0 Å². The molecule has 66 valence electrons. The van der Waals surface area contributed by atoms with Crippen LogP contribution in [0.15, 0.2) is 0 Å². The molecule has 0 aromatic carbocycles. The van der Waals surface area contributed by atoms with Crippen molar-refractivity contribution in [3.05, 3.63) is 0 Å². The third kappa shape index (κ3) is 2.80. The number of ether oxygens (including phenoxy) is 2. The van der Waals surface area contributed by atoms with Gasteiger partial charge in [0.25, 0.3) is 0 Å². The predicted octanol–water partition coefficient (Wildman–Crippen LogP) is 1.70. The molecular weight excluding hydrogens is 140 g/mol. The second kappa shape index (κ2) is 3.55. The highest BCUT2D eigenvalue weighted by Gasteiger charge is 2.33. The van der Waals surface area contributed by atoms with Crippen LogP contribution in [0.25, 0.3) is 0 Å². The van der Waals surface area contributed by atoms with E-state index in [1.54, 1.807) is 0 Å². The maximum Gasteiger partial charge on any atom is 0.0564 e. The van der Waals surface area contributed by atoms with Gasteiger partial charge in [0.2, 0.25) is 0 Å². The Bertz CT molecular complexity index is 117. The highest BCUT2D eigenvalue weighted by molar-refractivity contribution is 4.80. The summed E-state index contributed by atoms with van der Waals surface area (Å²) in [7, 11) is 0. The smallest absolute Gasteiger partial charge is 0.0564 e. The van der Waals surface area contributed by atoms with Crippen LogP contribution in [-0.4, -0.2) is 26.4 Å². The summed E-state index contributed by atoms with van der Waals surface area (Å²) >= 11 is 0. The Labute approximate surface area is 68.9 Å². The standard InChI is InChI=1S/C9H18O2/c1-8(2)4-10-5-9(3)6-11-7-9/h8H,4-7H2,1-3H3. The van der Waals surface area contributed by atoms with E-state index in [4.69, 9.17) is 9.47 Å². The minimum atomic E-state index is 0.314. The van der Waals surface area contributed by atoms with Gasteiger partial charge in [-0.05, 0) is 5.92 Å². The minimum Gasteiger partial charge on any atom is -0.380 e. The monoisotopic (exact) mass is 158 g/mol. The third-order valence-electron chi connectivity index (χ3n) is 1.80. The Morgan fingerprint density at radius 3 is 2.45 bits per heavy atom. The average molecular weight is 158 g/mol. The van der Waals surface area contributed by atoms with Crippen LogP contribution in [0.5, 0.6) is 0 Å². The summed E-state index contributed by atoms with van der Waals surface area (Å²) < 4.78 is 10.6. The van der Waals surface area contributed by atoms with Crippen molar-refractivity contribution in [3.8, 4) is 0 Å². The summed E-state index contributed by atoms with van der Waals surface area (Å²) in [6.45, 7) is 9.99. The van der Waals surface area contributed by atoms with E-state index in [9.17, 15) is 0 Å². The molecule has 1 saturated heterocycles. The zero-order valence-corrected chi connectivity index (χ0v) is 7.72. The molecule has 1 heterocycles. The Morgan fingerprint density at radius 2 is 2.09 bits per heavy atom. The SMILES string of the molecule is CC(C)COCC1(C)COC1. The summed E-state index contributed by atoms with van der Waals surface area (Å²) in [5.41, 5.74) is 0.314. The maximum atomic E-state index is 5.52. The van der Waals surface area contributed by atoms with E-state index in [-0.39, 0.29) is 0 Å². The van der Waals surface area contributed by atoms with E-state index in [1.807, 2.05) is 0 Å². The highest BCUT2D eigenvalue weighted by atomic mass is 16.5. The van der Waals surface area contributed by atoms with Crippen LogP contribution in [0.1, 0.15) is 20.8 Å². The third-order valence-corrected chi connectivity index (χ3v) is 1.80. The van der Waals surface area contributed by atoms with Crippen molar-refractivity contribution in [2.75, 3.05) is 26.4 Å². The van der Waals surface area contributed by atoms with Gasteiger partial charge in [-0.25, -0.2) is 0 Å². The Balaban J connectivity index is 2.02. The van der Waals surface area contributed by atoms with Gasteiger partial charge < -0.3 is 9.47 Å². The van der Waals surface area contributed by atoms with E-state index >= 15 is 0 Å². The predicted molar refractivity (Wildman–Crippen MR) is 44.6 cm³/mol. The van der Waals surface area contributed by atoms with Crippen LogP contribution in [0.3, 0.4) is 0 Å². The van der Waals surface area contributed by atoms with Gasteiger partial charge in [0.15, 0.2) is 0 Å². The first-order valence-electron chi connectivity index (χ1n) is 4.28. The van der Waals surface area contributed by atoms with Gasteiger partial charge in [0.05, 0.1) is 19.8 Å². The number of hydrogen-bond donors (Lipinski definition) is 0. The molecule has 0 N–H and O–H groups in total. The molecule has 0 radical (unpaired) electrons. The quantitative estimate of drug-likeness (QED) is 0.620.